The second kappa shape index (κ2) is 6.05. The number of carbonyl (C=O) groups excluding carboxylic acids is 1. The van der Waals surface area contributed by atoms with Crippen LogP contribution in [0.1, 0.15) is 58.8 Å². The second-order valence-corrected chi connectivity index (χ2v) is 6.67. The van der Waals surface area contributed by atoms with Crippen LogP contribution in [0, 0.1) is 11.3 Å². The highest BCUT2D eigenvalue weighted by Crippen LogP contribution is 2.40. The first kappa shape index (κ1) is 13.9. The molecule has 2 atom stereocenters. The van der Waals surface area contributed by atoms with E-state index in [9.17, 15) is 4.79 Å². The summed E-state index contributed by atoms with van der Waals surface area (Å²) in [6, 6.07) is 0.394. The lowest BCUT2D eigenvalue weighted by Gasteiger charge is -2.38. The van der Waals surface area contributed by atoms with E-state index in [-0.39, 0.29) is 11.3 Å². The fourth-order valence-electron chi connectivity index (χ4n) is 3.45. The maximum absolute atomic E-state index is 12.5. The molecule has 2 rings (SSSR count). The molecule has 1 saturated carbocycles. The predicted molar refractivity (Wildman–Crippen MR) is 74.4 cm³/mol. The third kappa shape index (κ3) is 3.47. The second-order valence-electron chi connectivity index (χ2n) is 6.67. The van der Waals surface area contributed by atoms with Crippen LogP contribution in [0.3, 0.4) is 0 Å². The molecule has 2 fully saturated rings. The van der Waals surface area contributed by atoms with Gasteiger partial charge >= 0.3 is 0 Å². The molecule has 1 aliphatic carbocycles. The third-order valence-electron chi connectivity index (χ3n) is 4.75. The Morgan fingerprint density at radius 1 is 1.11 bits per heavy atom. The van der Waals surface area contributed by atoms with Crippen molar-refractivity contribution in [2.45, 2.75) is 64.8 Å². The van der Waals surface area contributed by atoms with Gasteiger partial charge in [0.25, 0.3) is 0 Å². The van der Waals surface area contributed by atoms with E-state index >= 15 is 0 Å². The maximum Gasteiger partial charge on any atom is 0.223 e. The molecule has 0 aromatic heterocycles. The lowest BCUT2D eigenvalue weighted by Crippen LogP contribution is -2.45. The zero-order valence-corrected chi connectivity index (χ0v) is 11.9. The molecule has 1 heterocycles. The fraction of sp³-hybridized carbons (Fsp3) is 0.933. The molecule has 2 aliphatic rings. The highest BCUT2D eigenvalue weighted by Gasteiger charge is 2.37. The van der Waals surface area contributed by atoms with Crippen LogP contribution in [0.4, 0.5) is 0 Å². The highest BCUT2D eigenvalue weighted by molar-refractivity contribution is 5.79. The van der Waals surface area contributed by atoms with Crippen molar-refractivity contribution in [1.29, 1.82) is 0 Å². The minimum Gasteiger partial charge on any atom is -0.353 e. The van der Waals surface area contributed by atoms with Gasteiger partial charge in [0.15, 0.2) is 0 Å². The monoisotopic (exact) mass is 252 g/mol. The first-order valence-electron chi connectivity index (χ1n) is 7.61. The Morgan fingerprint density at radius 2 is 1.94 bits per heavy atom. The van der Waals surface area contributed by atoms with Crippen molar-refractivity contribution < 1.29 is 4.79 Å². The third-order valence-corrected chi connectivity index (χ3v) is 4.75. The molecule has 2 unspecified atom stereocenters. The summed E-state index contributed by atoms with van der Waals surface area (Å²) in [6.07, 6.45) is 8.16. The van der Waals surface area contributed by atoms with Gasteiger partial charge in [0, 0.05) is 12.0 Å². The SMILES string of the molecule is CC1(C)CCCCC1C(=O)NC1CCCNCC1. The zero-order valence-electron chi connectivity index (χ0n) is 11.9. The average molecular weight is 252 g/mol. The normalized spacial score (nSPS) is 32.6. The van der Waals surface area contributed by atoms with Crippen LogP contribution in [0.25, 0.3) is 0 Å². The molecule has 104 valence electrons. The van der Waals surface area contributed by atoms with Crippen molar-refractivity contribution in [2.75, 3.05) is 13.1 Å². The molecular weight excluding hydrogens is 224 g/mol. The molecule has 0 aromatic rings. The molecule has 2 N–H and O–H groups in total. The predicted octanol–water partition coefficient (Wildman–Crippen LogP) is 2.46. The molecule has 3 heteroatoms. The Hall–Kier alpha value is -0.570. The van der Waals surface area contributed by atoms with Crippen LogP contribution < -0.4 is 10.6 Å². The van der Waals surface area contributed by atoms with Crippen LogP contribution in [0.15, 0.2) is 0 Å². The summed E-state index contributed by atoms with van der Waals surface area (Å²) in [7, 11) is 0. The highest BCUT2D eigenvalue weighted by atomic mass is 16.2. The van der Waals surface area contributed by atoms with Crippen LogP contribution in [-0.4, -0.2) is 25.0 Å². The molecule has 18 heavy (non-hydrogen) atoms. The molecule has 0 radical (unpaired) electrons. The fourth-order valence-corrected chi connectivity index (χ4v) is 3.45. The summed E-state index contributed by atoms with van der Waals surface area (Å²) in [5, 5.41) is 6.70. The van der Waals surface area contributed by atoms with Gasteiger partial charge in [-0.25, -0.2) is 0 Å². The van der Waals surface area contributed by atoms with Crippen molar-refractivity contribution in [3.8, 4) is 0 Å². The smallest absolute Gasteiger partial charge is 0.223 e. The van der Waals surface area contributed by atoms with Gasteiger partial charge in [-0.1, -0.05) is 26.7 Å². The number of nitrogens with one attached hydrogen (secondary N) is 2. The Kier molecular flexibility index (Phi) is 4.66. The van der Waals surface area contributed by atoms with Gasteiger partial charge in [-0.05, 0) is 50.6 Å². The maximum atomic E-state index is 12.5. The molecule has 1 amide bonds. The Labute approximate surface area is 111 Å². The van der Waals surface area contributed by atoms with Gasteiger partial charge in [0.2, 0.25) is 5.91 Å². The van der Waals surface area contributed by atoms with Gasteiger partial charge in [-0.15, -0.1) is 0 Å². The summed E-state index contributed by atoms with van der Waals surface area (Å²) < 4.78 is 0. The van der Waals surface area contributed by atoms with E-state index in [1.165, 1.54) is 25.7 Å². The van der Waals surface area contributed by atoms with Gasteiger partial charge in [-0.3, -0.25) is 4.79 Å². The van der Waals surface area contributed by atoms with Crippen molar-refractivity contribution >= 4 is 5.91 Å². The summed E-state index contributed by atoms with van der Waals surface area (Å²) in [6.45, 7) is 6.65. The number of rotatable bonds is 2. The van der Waals surface area contributed by atoms with Crippen LogP contribution >= 0.6 is 0 Å². The first-order valence-corrected chi connectivity index (χ1v) is 7.61. The molecule has 0 spiro atoms. The van der Waals surface area contributed by atoms with Crippen molar-refractivity contribution in [2.24, 2.45) is 11.3 Å². The first-order chi connectivity index (χ1) is 8.59. The lowest BCUT2D eigenvalue weighted by atomic mass is 9.68. The van der Waals surface area contributed by atoms with Gasteiger partial charge in [0.05, 0.1) is 0 Å². The molecule has 1 saturated heterocycles. The Balaban J connectivity index is 1.89. The van der Waals surface area contributed by atoms with Crippen LogP contribution in [-0.2, 0) is 4.79 Å². The number of amides is 1. The van der Waals surface area contributed by atoms with Gasteiger partial charge < -0.3 is 10.6 Å². The van der Waals surface area contributed by atoms with E-state index in [0.717, 1.165) is 32.4 Å². The number of carbonyl (C=O) groups is 1. The molecule has 1 aliphatic heterocycles. The average Bonchev–Trinajstić information content (AvgIpc) is 2.57. The lowest BCUT2D eigenvalue weighted by molar-refractivity contribution is -0.131. The quantitative estimate of drug-likeness (QED) is 0.792. The van der Waals surface area contributed by atoms with Gasteiger partial charge in [0.1, 0.15) is 0 Å². The number of hydrogen-bond acceptors (Lipinski definition) is 2. The van der Waals surface area contributed by atoms with Crippen molar-refractivity contribution in [1.82, 2.24) is 10.6 Å². The van der Waals surface area contributed by atoms with Crippen molar-refractivity contribution in [3.63, 3.8) is 0 Å². The number of hydrogen-bond donors (Lipinski definition) is 2. The molecular formula is C15H28N2O. The molecule has 3 nitrogen and oxygen atoms in total. The largest absolute Gasteiger partial charge is 0.353 e. The zero-order chi connectivity index (χ0) is 13.0. The van der Waals surface area contributed by atoms with E-state index < -0.39 is 0 Å². The van der Waals surface area contributed by atoms with E-state index in [1.807, 2.05) is 0 Å². The van der Waals surface area contributed by atoms with E-state index in [4.69, 9.17) is 0 Å². The summed E-state index contributed by atoms with van der Waals surface area (Å²) in [5.74, 6) is 0.536. The standard InChI is InChI=1S/C15H28N2O/c1-15(2)9-4-3-7-13(15)14(18)17-12-6-5-10-16-11-8-12/h12-13,16H,3-11H2,1-2H3,(H,17,18). The Bertz CT molecular complexity index is 280. The van der Waals surface area contributed by atoms with E-state index in [2.05, 4.69) is 24.5 Å². The van der Waals surface area contributed by atoms with E-state index in [0.29, 0.717) is 11.9 Å². The topological polar surface area (TPSA) is 41.1 Å². The summed E-state index contributed by atoms with van der Waals surface area (Å²) >= 11 is 0. The minimum absolute atomic E-state index is 0.186. The van der Waals surface area contributed by atoms with Crippen molar-refractivity contribution in [3.05, 3.63) is 0 Å². The van der Waals surface area contributed by atoms with Crippen LogP contribution in [0.5, 0.6) is 0 Å². The summed E-state index contributed by atoms with van der Waals surface area (Å²) in [4.78, 5) is 12.5. The summed E-state index contributed by atoms with van der Waals surface area (Å²) in [5.41, 5.74) is 0.186. The van der Waals surface area contributed by atoms with E-state index in [1.54, 1.807) is 0 Å². The minimum atomic E-state index is 0.186. The molecule has 0 bridgehead atoms. The molecule has 0 aromatic carbocycles. The van der Waals surface area contributed by atoms with Gasteiger partial charge in [-0.2, -0.15) is 0 Å². The Morgan fingerprint density at radius 3 is 2.72 bits per heavy atom. The van der Waals surface area contributed by atoms with Crippen LogP contribution in [0.2, 0.25) is 0 Å².